The molecule has 2 heterocycles. The molecule has 1 saturated heterocycles. The number of ether oxygens (including phenoxy) is 1. The number of aromatic nitrogens is 1. The molecule has 7 heteroatoms. The van der Waals surface area contributed by atoms with Gasteiger partial charge in [-0.2, -0.15) is 0 Å². The number of halogens is 1. The molecule has 1 N–H and O–H groups in total. The summed E-state index contributed by atoms with van der Waals surface area (Å²) < 4.78 is 8.41. The third-order valence-electron chi connectivity index (χ3n) is 5.25. The zero-order chi connectivity index (χ0) is 21.2. The number of fused-ring (bicyclic) bond motifs is 1. The Morgan fingerprint density at radius 3 is 2.55 bits per heavy atom. The van der Waals surface area contributed by atoms with Crippen molar-refractivity contribution in [2.45, 2.75) is 52.7 Å². The standard InChI is InChI=1S/C22H30BrN3O3/c1-5-25-14-18(17-7-6-16(23)12-19(17)25)20(27)26-10-8-15(9-11-26)13-24-21(28)29-22(2,3)4/h6-7,12,14-15H,5,8-11,13H2,1-4H3,(H,24,28). The van der Waals surface area contributed by atoms with Crippen LogP contribution in [0.25, 0.3) is 10.9 Å². The van der Waals surface area contributed by atoms with Crippen LogP contribution in [-0.2, 0) is 11.3 Å². The van der Waals surface area contributed by atoms with Crippen molar-refractivity contribution in [3.05, 3.63) is 34.4 Å². The van der Waals surface area contributed by atoms with Crippen LogP contribution in [0.3, 0.4) is 0 Å². The van der Waals surface area contributed by atoms with Crippen LogP contribution in [0.4, 0.5) is 4.79 Å². The fourth-order valence-electron chi connectivity index (χ4n) is 3.75. The molecule has 0 bridgehead atoms. The molecule has 29 heavy (non-hydrogen) atoms. The fraction of sp³-hybridized carbons (Fsp3) is 0.545. The zero-order valence-electron chi connectivity index (χ0n) is 17.6. The molecule has 0 aliphatic carbocycles. The molecular formula is C22H30BrN3O3. The first-order valence-electron chi connectivity index (χ1n) is 10.2. The molecule has 0 radical (unpaired) electrons. The number of carbonyl (C=O) groups is 2. The molecule has 1 aliphatic heterocycles. The first kappa shape index (κ1) is 21.7. The van der Waals surface area contributed by atoms with Crippen LogP contribution >= 0.6 is 15.9 Å². The van der Waals surface area contributed by atoms with Gasteiger partial charge >= 0.3 is 6.09 Å². The van der Waals surface area contributed by atoms with Crippen molar-refractivity contribution >= 4 is 38.8 Å². The number of piperidine rings is 1. The molecule has 0 unspecified atom stereocenters. The SMILES string of the molecule is CCn1cc(C(=O)N2CCC(CNC(=O)OC(C)(C)C)CC2)c2ccc(Br)cc21. The van der Waals surface area contributed by atoms with Gasteiger partial charge in [-0.15, -0.1) is 0 Å². The summed E-state index contributed by atoms with van der Waals surface area (Å²) in [6, 6.07) is 6.05. The molecule has 6 nitrogen and oxygen atoms in total. The summed E-state index contributed by atoms with van der Waals surface area (Å²) in [6.07, 6.45) is 3.34. The lowest BCUT2D eigenvalue weighted by Gasteiger charge is -2.32. The first-order valence-corrected chi connectivity index (χ1v) is 11.0. The van der Waals surface area contributed by atoms with Gasteiger partial charge in [-0.1, -0.05) is 22.0 Å². The van der Waals surface area contributed by atoms with Crippen LogP contribution in [0.15, 0.2) is 28.9 Å². The average Bonchev–Trinajstić information content (AvgIpc) is 3.02. The number of amides is 2. The van der Waals surface area contributed by atoms with E-state index in [-0.39, 0.29) is 12.0 Å². The molecule has 2 aromatic rings. The summed E-state index contributed by atoms with van der Waals surface area (Å²) in [5.74, 6) is 0.447. The van der Waals surface area contributed by atoms with E-state index in [0.717, 1.165) is 40.3 Å². The molecule has 3 rings (SSSR count). The highest BCUT2D eigenvalue weighted by Crippen LogP contribution is 2.27. The molecule has 1 fully saturated rings. The molecule has 158 valence electrons. The summed E-state index contributed by atoms with van der Waals surface area (Å²) in [7, 11) is 0. The van der Waals surface area contributed by atoms with Gasteiger partial charge in [0.2, 0.25) is 0 Å². The van der Waals surface area contributed by atoms with Crippen LogP contribution in [0.2, 0.25) is 0 Å². The summed E-state index contributed by atoms with van der Waals surface area (Å²) in [5.41, 5.74) is 1.34. The molecule has 1 aliphatic rings. The maximum Gasteiger partial charge on any atom is 0.407 e. The van der Waals surface area contributed by atoms with Crippen LogP contribution < -0.4 is 5.32 Å². The second-order valence-electron chi connectivity index (χ2n) is 8.61. The third-order valence-corrected chi connectivity index (χ3v) is 5.74. The Bertz CT molecular complexity index is 893. The van der Waals surface area contributed by atoms with Crippen LogP contribution in [0.1, 0.15) is 50.9 Å². The number of alkyl carbamates (subject to hydrolysis) is 1. The first-order chi connectivity index (χ1) is 13.7. The van der Waals surface area contributed by atoms with E-state index < -0.39 is 5.60 Å². The van der Waals surface area contributed by atoms with E-state index in [1.165, 1.54) is 0 Å². The number of benzene rings is 1. The summed E-state index contributed by atoms with van der Waals surface area (Å²) in [6.45, 7) is 10.4. The van der Waals surface area contributed by atoms with Crippen molar-refractivity contribution in [1.29, 1.82) is 0 Å². The van der Waals surface area contributed by atoms with Crippen molar-refractivity contribution in [2.24, 2.45) is 5.92 Å². The lowest BCUT2D eigenvalue weighted by molar-refractivity contribution is 0.0500. The molecule has 1 aromatic heterocycles. The quantitative estimate of drug-likeness (QED) is 0.707. The van der Waals surface area contributed by atoms with Gasteiger partial charge in [0.05, 0.1) is 5.56 Å². The van der Waals surface area contributed by atoms with Crippen LogP contribution in [0.5, 0.6) is 0 Å². The maximum atomic E-state index is 13.2. The van der Waals surface area contributed by atoms with E-state index >= 15 is 0 Å². The summed E-state index contributed by atoms with van der Waals surface area (Å²) in [5, 5.41) is 3.85. The van der Waals surface area contributed by atoms with Crippen molar-refractivity contribution in [1.82, 2.24) is 14.8 Å². The number of nitrogens with zero attached hydrogens (tertiary/aromatic N) is 2. The van der Waals surface area contributed by atoms with Crippen molar-refractivity contribution in [3.8, 4) is 0 Å². The summed E-state index contributed by atoms with van der Waals surface area (Å²) >= 11 is 3.52. The van der Waals surface area contributed by atoms with Gasteiger partial charge in [0, 0.05) is 47.8 Å². The van der Waals surface area contributed by atoms with Gasteiger partial charge < -0.3 is 19.5 Å². The number of aryl methyl sites for hydroxylation is 1. The number of carbonyl (C=O) groups excluding carboxylic acids is 2. The van der Waals surface area contributed by atoms with Gasteiger partial charge in [-0.3, -0.25) is 4.79 Å². The van der Waals surface area contributed by atoms with Gasteiger partial charge in [0.25, 0.3) is 5.91 Å². The Hall–Kier alpha value is -2.02. The van der Waals surface area contributed by atoms with Crippen molar-refractivity contribution in [2.75, 3.05) is 19.6 Å². The second kappa shape index (κ2) is 8.78. The Kier molecular flexibility index (Phi) is 6.56. The monoisotopic (exact) mass is 463 g/mol. The lowest BCUT2D eigenvalue weighted by Crippen LogP contribution is -2.42. The highest BCUT2D eigenvalue weighted by Gasteiger charge is 2.26. The topological polar surface area (TPSA) is 63.6 Å². The second-order valence-corrected chi connectivity index (χ2v) is 9.52. The van der Waals surface area contributed by atoms with Gasteiger partial charge in [0.1, 0.15) is 5.60 Å². The number of likely N-dealkylation sites (tertiary alicyclic amines) is 1. The highest BCUT2D eigenvalue weighted by molar-refractivity contribution is 9.10. The zero-order valence-corrected chi connectivity index (χ0v) is 19.2. The van der Waals surface area contributed by atoms with Gasteiger partial charge in [-0.05, 0) is 58.6 Å². The van der Waals surface area contributed by atoms with E-state index in [4.69, 9.17) is 4.74 Å². The Labute approximate surface area is 180 Å². The summed E-state index contributed by atoms with van der Waals surface area (Å²) in [4.78, 5) is 26.9. The third kappa shape index (κ3) is 5.32. The Balaban J connectivity index is 1.59. The van der Waals surface area contributed by atoms with Crippen LogP contribution in [-0.4, -0.2) is 46.7 Å². The lowest BCUT2D eigenvalue weighted by atomic mass is 9.96. The number of rotatable bonds is 4. The predicted molar refractivity (Wildman–Crippen MR) is 118 cm³/mol. The Morgan fingerprint density at radius 2 is 1.93 bits per heavy atom. The molecule has 1 aromatic carbocycles. The van der Waals surface area contributed by atoms with Crippen molar-refractivity contribution < 1.29 is 14.3 Å². The normalized spacial score (nSPS) is 15.6. The molecule has 2 amide bonds. The van der Waals surface area contributed by atoms with Crippen LogP contribution in [0, 0.1) is 5.92 Å². The maximum absolute atomic E-state index is 13.2. The predicted octanol–water partition coefficient (Wildman–Crippen LogP) is 4.80. The number of nitrogens with one attached hydrogen (secondary N) is 1. The van der Waals surface area contributed by atoms with E-state index in [0.29, 0.717) is 25.6 Å². The molecule has 0 atom stereocenters. The van der Waals surface area contributed by atoms with E-state index in [9.17, 15) is 9.59 Å². The van der Waals surface area contributed by atoms with Crippen molar-refractivity contribution in [3.63, 3.8) is 0 Å². The largest absolute Gasteiger partial charge is 0.444 e. The smallest absolute Gasteiger partial charge is 0.407 e. The minimum Gasteiger partial charge on any atom is -0.444 e. The van der Waals surface area contributed by atoms with E-state index in [2.05, 4.69) is 38.8 Å². The molecular weight excluding hydrogens is 434 g/mol. The minimum atomic E-state index is -0.493. The number of hydrogen-bond donors (Lipinski definition) is 1. The van der Waals surface area contributed by atoms with Gasteiger partial charge in [0.15, 0.2) is 0 Å². The van der Waals surface area contributed by atoms with Gasteiger partial charge in [-0.25, -0.2) is 4.79 Å². The highest BCUT2D eigenvalue weighted by atomic mass is 79.9. The minimum absolute atomic E-state index is 0.0862. The molecule has 0 saturated carbocycles. The van der Waals surface area contributed by atoms with E-state index in [1.54, 1.807) is 0 Å². The Morgan fingerprint density at radius 1 is 1.24 bits per heavy atom. The average molecular weight is 464 g/mol. The molecule has 0 spiro atoms. The fourth-order valence-corrected chi connectivity index (χ4v) is 4.10. The van der Waals surface area contributed by atoms with E-state index in [1.807, 2.05) is 44.0 Å². The number of hydrogen-bond acceptors (Lipinski definition) is 3.